The van der Waals surface area contributed by atoms with Crippen LogP contribution in [0.1, 0.15) is 24.3 Å². The lowest BCUT2D eigenvalue weighted by Gasteiger charge is -2.09. The van der Waals surface area contributed by atoms with Gasteiger partial charge in [0.2, 0.25) is 5.91 Å². The van der Waals surface area contributed by atoms with Crippen LogP contribution in [0, 0.1) is 0 Å². The number of aryl methyl sites for hydroxylation is 1. The van der Waals surface area contributed by atoms with Crippen molar-refractivity contribution >= 4 is 17.2 Å². The summed E-state index contributed by atoms with van der Waals surface area (Å²) in [5.74, 6) is -0.306. The van der Waals surface area contributed by atoms with Crippen molar-refractivity contribution < 1.29 is 4.79 Å². The standard InChI is InChI=1S/C10H16N2OS/c1-3-8-4-5-14-9(8)6-12-7(2)10(11)13/h4-5,7,12H,3,6H2,1-2H3,(H2,11,13). The van der Waals surface area contributed by atoms with Crippen LogP contribution in [0.15, 0.2) is 11.4 Å². The molecule has 4 heteroatoms. The molecule has 0 radical (unpaired) electrons. The van der Waals surface area contributed by atoms with Crippen LogP contribution in [0.4, 0.5) is 0 Å². The predicted octanol–water partition coefficient (Wildman–Crippen LogP) is 1.27. The molecule has 0 saturated heterocycles. The molecule has 1 aromatic heterocycles. The van der Waals surface area contributed by atoms with Crippen molar-refractivity contribution in [1.29, 1.82) is 0 Å². The maximum atomic E-state index is 10.8. The first-order chi connectivity index (χ1) is 6.65. The number of carbonyl (C=O) groups is 1. The SMILES string of the molecule is CCc1ccsc1CNC(C)C(N)=O. The quantitative estimate of drug-likeness (QED) is 0.772. The Labute approximate surface area is 88.3 Å². The van der Waals surface area contributed by atoms with Gasteiger partial charge in [-0.15, -0.1) is 11.3 Å². The lowest BCUT2D eigenvalue weighted by atomic mass is 10.2. The van der Waals surface area contributed by atoms with Gasteiger partial charge in [0.1, 0.15) is 0 Å². The molecule has 1 unspecified atom stereocenters. The van der Waals surface area contributed by atoms with Crippen LogP contribution in [0.3, 0.4) is 0 Å². The van der Waals surface area contributed by atoms with Crippen molar-refractivity contribution in [2.75, 3.05) is 0 Å². The van der Waals surface area contributed by atoms with Crippen LogP contribution in [0.25, 0.3) is 0 Å². The predicted molar refractivity (Wildman–Crippen MR) is 59.2 cm³/mol. The van der Waals surface area contributed by atoms with Crippen molar-refractivity contribution in [3.8, 4) is 0 Å². The third-order valence-electron chi connectivity index (χ3n) is 2.21. The van der Waals surface area contributed by atoms with E-state index in [1.807, 2.05) is 0 Å². The highest BCUT2D eigenvalue weighted by atomic mass is 32.1. The summed E-state index contributed by atoms with van der Waals surface area (Å²) >= 11 is 1.71. The maximum absolute atomic E-state index is 10.8. The molecule has 0 bridgehead atoms. The minimum absolute atomic E-state index is 0.262. The number of thiophene rings is 1. The molecule has 1 heterocycles. The molecule has 1 rings (SSSR count). The van der Waals surface area contributed by atoms with Crippen molar-refractivity contribution in [1.82, 2.24) is 5.32 Å². The van der Waals surface area contributed by atoms with Crippen LogP contribution in [-0.2, 0) is 17.8 Å². The molecule has 14 heavy (non-hydrogen) atoms. The van der Waals surface area contributed by atoms with E-state index in [4.69, 9.17) is 5.73 Å². The Hall–Kier alpha value is -0.870. The highest BCUT2D eigenvalue weighted by Gasteiger charge is 2.09. The minimum atomic E-state index is -0.306. The van der Waals surface area contributed by atoms with Gasteiger partial charge in [-0.2, -0.15) is 0 Å². The molecule has 0 aromatic carbocycles. The van der Waals surface area contributed by atoms with E-state index in [1.54, 1.807) is 18.3 Å². The molecule has 0 aliphatic rings. The monoisotopic (exact) mass is 212 g/mol. The molecular weight excluding hydrogens is 196 g/mol. The fraction of sp³-hybridized carbons (Fsp3) is 0.500. The van der Waals surface area contributed by atoms with Crippen molar-refractivity contribution in [2.24, 2.45) is 5.73 Å². The van der Waals surface area contributed by atoms with Gasteiger partial charge in [-0.05, 0) is 30.4 Å². The topological polar surface area (TPSA) is 55.1 Å². The van der Waals surface area contributed by atoms with Crippen molar-refractivity contribution in [3.05, 3.63) is 21.9 Å². The molecule has 3 N–H and O–H groups in total. The van der Waals surface area contributed by atoms with Crippen LogP contribution in [-0.4, -0.2) is 11.9 Å². The summed E-state index contributed by atoms with van der Waals surface area (Å²) < 4.78 is 0. The van der Waals surface area contributed by atoms with E-state index in [-0.39, 0.29) is 11.9 Å². The number of nitrogens with two attached hydrogens (primary N) is 1. The van der Waals surface area contributed by atoms with Crippen LogP contribution < -0.4 is 11.1 Å². The Morgan fingerprint density at radius 2 is 2.43 bits per heavy atom. The first-order valence-electron chi connectivity index (χ1n) is 4.73. The zero-order valence-corrected chi connectivity index (χ0v) is 9.36. The number of nitrogens with one attached hydrogen (secondary N) is 1. The van der Waals surface area contributed by atoms with Gasteiger partial charge >= 0.3 is 0 Å². The third kappa shape index (κ3) is 2.82. The highest BCUT2D eigenvalue weighted by Crippen LogP contribution is 2.16. The number of amides is 1. The summed E-state index contributed by atoms with van der Waals surface area (Å²) in [6, 6.07) is 1.86. The fourth-order valence-electron chi connectivity index (χ4n) is 1.18. The fourth-order valence-corrected chi connectivity index (χ4v) is 2.11. The normalized spacial score (nSPS) is 12.7. The second kappa shape index (κ2) is 5.12. The number of rotatable bonds is 5. The molecule has 3 nitrogen and oxygen atoms in total. The Morgan fingerprint density at radius 1 is 1.71 bits per heavy atom. The van der Waals surface area contributed by atoms with E-state index in [0.717, 1.165) is 13.0 Å². The number of carbonyl (C=O) groups excluding carboxylic acids is 1. The molecule has 1 atom stereocenters. The Kier molecular flexibility index (Phi) is 4.10. The van der Waals surface area contributed by atoms with Crippen LogP contribution >= 0.6 is 11.3 Å². The summed E-state index contributed by atoms with van der Waals surface area (Å²) in [6.45, 7) is 4.63. The van der Waals surface area contributed by atoms with E-state index < -0.39 is 0 Å². The average molecular weight is 212 g/mol. The second-order valence-corrected chi connectivity index (χ2v) is 4.23. The molecule has 0 saturated carbocycles. The van der Waals surface area contributed by atoms with Gasteiger partial charge in [0.25, 0.3) is 0 Å². The average Bonchev–Trinajstić information content (AvgIpc) is 2.60. The summed E-state index contributed by atoms with van der Waals surface area (Å²) in [6.07, 6.45) is 1.03. The maximum Gasteiger partial charge on any atom is 0.234 e. The summed E-state index contributed by atoms with van der Waals surface area (Å²) in [5, 5.41) is 5.17. The van der Waals surface area contributed by atoms with Gasteiger partial charge in [-0.1, -0.05) is 6.92 Å². The number of hydrogen-bond acceptors (Lipinski definition) is 3. The first-order valence-corrected chi connectivity index (χ1v) is 5.61. The van der Waals surface area contributed by atoms with E-state index >= 15 is 0 Å². The molecule has 0 fully saturated rings. The molecule has 0 aliphatic heterocycles. The zero-order chi connectivity index (χ0) is 10.6. The lowest BCUT2D eigenvalue weighted by Crippen LogP contribution is -2.38. The molecule has 0 aliphatic carbocycles. The molecular formula is C10H16N2OS. The lowest BCUT2D eigenvalue weighted by molar-refractivity contribution is -0.119. The van der Waals surface area contributed by atoms with Crippen LogP contribution in [0.2, 0.25) is 0 Å². The van der Waals surface area contributed by atoms with Crippen molar-refractivity contribution in [2.45, 2.75) is 32.9 Å². The second-order valence-electron chi connectivity index (χ2n) is 3.23. The van der Waals surface area contributed by atoms with E-state index in [2.05, 4.69) is 23.7 Å². The van der Waals surface area contributed by atoms with E-state index in [1.165, 1.54) is 10.4 Å². The Bertz CT molecular complexity index is 309. The Morgan fingerprint density at radius 3 is 3.00 bits per heavy atom. The highest BCUT2D eigenvalue weighted by molar-refractivity contribution is 7.10. The molecule has 0 spiro atoms. The van der Waals surface area contributed by atoms with Crippen molar-refractivity contribution in [3.63, 3.8) is 0 Å². The van der Waals surface area contributed by atoms with Gasteiger partial charge in [0, 0.05) is 11.4 Å². The summed E-state index contributed by atoms with van der Waals surface area (Å²) in [4.78, 5) is 12.1. The van der Waals surface area contributed by atoms with E-state index in [9.17, 15) is 4.79 Å². The molecule has 78 valence electrons. The van der Waals surface area contributed by atoms with Gasteiger partial charge in [-0.3, -0.25) is 4.79 Å². The summed E-state index contributed by atoms with van der Waals surface area (Å²) in [7, 11) is 0. The number of hydrogen-bond donors (Lipinski definition) is 2. The third-order valence-corrected chi connectivity index (χ3v) is 3.18. The molecule has 1 aromatic rings. The summed E-state index contributed by atoms with van der Waals surface area (Å²) in [5.41, 5.74) is 6.49. The number of primary amides is 1. The largest absolute Gasteiger partial charge is 0.368 e. The van der Waals surface area contributed by atoms with Gasteiger partial charge < -0.3 is 11.1 Å². The van der Waals surface area contributed by atoms with Gasteiger partial charge in [0.05, 0.1) is 6.04 Å². The first kappa shape index (κ1) is 11.2. The minimum Gasteiger partial charge on any atom is -0.368 e. The van der Waals surface area contributed by atoms with E-state index in [0.29, 0.717) is 0 Å². The van der Waals surface area contributed by atoms with Gasteiger partial charge in [-0.25, -0.2) is 0 Å². The zero-order valence-electron chi connectivity index (χ0n) is 8.54. The Balaban J connectivity index is 2.49. The van der Waals surface area contributed by atoms with Crippen LogP contribution in [0.5, 0.6) is 0 Å². The molecule has 1 amide bonds. The van der Waals surface area contributed by atoms with Gasteiger partial charge in [0.15, 0.2) is 0 Å². The smallest absolute Gasteiger partial charge is 0.234 e.